The Balaban J connectivity index is 1.86. The lowest BCUT2D eigenvalue weighted by Gasteiger charge is -2.25. The van der Waals surface area contributed by atoms with Crippen molar-refractivity contribution in [3.63, 3.8) is 0 Å². The zero-order valence-corrected chi connectivity index (χ0v) is 20.5. The Hall–Kier alpha value is -3.75. The molecule has 7 nitrogen and oxygen atoms in total. The van der Waals surface area contributed by atoms with E-state index in [1.165, 1.54) is 11.7 Å². The fraction of sp³-hybridized carbons (Fsp3) is 0.154. The van der Waals surface area contributed by atoms with E-state index in [0.717, 1.165) is 11.3 Å². The highest BCUT2D eigenvalue weighted by atomic mass is 35.5. The van der Waals surface area contributed by atoms with Gasteiger partial charge in [-0.2, -0.15) is 0 Å². The quantitative estimate of drug-likeness (QED) is 0.403. The highest BCUT2D eigenvalue weighted by Crippen LogP contribution is 2.36. The molecule has 0 spiro atoms. The van der Waals surface area contributed by atoms with Crippen molar-refractivity contribution in [2.75, 3.05) is 18.6 Å². The molecule has 3 heterocycles. The third kappa shape index (κ3) is 3.48. The van der Waals surface area contributed by atoms with Gasteiger partial charge < -0.3 is 9.64 Å². The first-order valence-electron chi connectivity index (χ1n) is 10.8. The van der Waals surface area contributed by atoms with Crippen LogP contribution in [0.25, 0.3) is 5.57 Å². The van der Waals surface area contributed by atoms with Crippen LogP contribution >= 0.6 is 22.9 Å². The van der Waals surface area contributed by atoms with Gasteiger partial charge in [-0.15, -0.1) is 6.58 Å². The van der Waals surface area contributed by atoms with Crippen LogP contribution in [0.2, 0.25) is 5.02 Å². The summed E-state index contributed by atoms with van der Waals surface area (Å²) in [4.78, 5) is 46.8. The van der Waals surface area contributed by atoms with E-state index in [4.69, 9.17) is 16.3 Å². The fourth-order valence-corrected chi connectivity index (χ4v) is 5.92. The van der Waals surface area contributed by atoms with Gasteiger partial charge in [0.05, 0.1) is 29.6 Å². The van der Waals surface area contributed by atoms with E-state index in [1.54, 1.807) is 42.2 Å². The second-order valence-corrected chi connectivity index (χ2v) is 9.40. The van der Waals surface area contributed by atoms with Crippen molar-refractivity contribution >= 4 is 46.1 Å². The maximum Gasteiger partial charge on any atom is 0.338 e. The number of fused-ring (bicyclic) bond motifs is 2. The number of allylic oxidation sites excluding steroid dienone is 1. The first-order chi connectivity index (χ1) is 16.9. The highest BCUT2D eigenvalue weighted by molar-refractivity contribution is 7.07. The number of esters is 1. The van der Waals surface area contributed by atoms with Crippen LogP contribution in [0.4, 0.5) is 5.69 Å². The van der Waals surface area contributed by atoms with Crippen LogP contribution in [-0.2, 0) is 14.3 Å². The van der Waals surface area contributed by atoms with Crippen LogP contribution in [0.15, 0.2) is 82.2 Å². The number of methoxy groups -OCH3 is 1. The molecule has 0 saturated carbocycles. The Morgan fingerprint density at radius 1 is 1.20 bits per heavy atom. The molecule has 2 aromatic carbocycles. The number of carbonyl (C=O) groups excluding carboxylic acids is 2. The third-order valence-electron chi connectivity index (χ3n) is 6.06. The van der Waals surface area contributed by atoms with Gasteiger partial charge in [0.1, 0.15) is 10.6 Å². The molecule has 176 valence electrons. The molecule has 0 bridgehead atoms. The number of rotatable bonds is 4. The number of aromatic nitrogens is 1. The first-order valence-corrected chi connectivity index (χ1v) is 12.0. The lowest BCUT2D eigenvalue weighted by Crippen LogP contribution is -2.41. The van der Waals surface area contributed by atoms with Crippen molar-refractivity contribution in [1.29, 1.82) is 0 Å². The van der Waals surface area contributed by atoms with Gasteiger partial charge in [-0.3, -0.25) is 14.2 Å². The summed E-state index contributed by atoms with van der Waals surface area (Å²) >= 11 is 7.64. The molecule has 2 aliphatic heterocycles. The molecule has 1 atom stereocenters. The van der Waals surface area contributed by atoms with Gasteiger partial charge in [0.2, 0.25) is 0 Å². The third-order valence-corrected chi connectivity index (χ3v) is 7.46. The molecule has 1 amide bonds. The van der Waals surface area contributed by atoms with E-state index in [0.29, 0.717) is 44.5 Å². The summed E-state index contributed by atoms with van der Waals surface area (Å²) in [5.41, 5.74) is 2.47. The van der Waals surface area contributed by atoms with Crippen molar-refractivity contribution in [2.45, 2.75) is 13.0 Å². The zero-order valence-electron chi connectivity index (χ0n) is 18.9. The molecular weight excluding hydrogens is 486 g/mol. The average Bonchev–Trinajstić information content (AvgIpc) is 3.31. The van der Waals surface area contributed by atoms with E-state index >= 15 is 0 Å². The summed E-state index contributed by atoms with van der Waals surface area (Å²) in [5.74, 6) is -0.886. The van der Waals surface area contributed by atoms with Crippen LogP contribution in [0, 0.1) is 0 Å². The van der Waals surface area contributed by atoms with Crippen molar-refractivity contribution in [3.8, 4) is 0 Å². The fourth-order valence-electron chi connectivity index (χ4n) is 4.54. The van der Waals surface area contributed by atoms with Crippen molar-refractivity contribution in [3.05, 3.63) is 108 Å². The molecule has 0 radical (unpaired) electrons. The van der Waals surface area contributed by atoms with E-state index < -0.39 is 17.6 Å². The predicted octanol–water partition coefficient (Wildman–Crippen LogP) is 2.96. The number of nitrogens with zero attached hydrogens (tertiary/aromatic N) is 3. The van der Waals surface area contributed by atoms with E-state index in [9.17, 15) is 14.4 Å². The van der Waals surface area contributed by atoms with E-state index in [-0.39, 0.29) is 16.0 Å². The van der Waals surface area contributed by atoms with Gasteiger partial charge >= 0.3 is 5.97 Å². The number of thiazole rings is 1. The standard InChI is InChI=1S/C26H20ClN3O4S/c1-4-13-29-18-12-8-6-10-16(18)20(23(29)31)22-24(32)30-21(15-9-5-7-11-17(15)27)19(25(33)34-3)14(2)28-26(30)35-22/h4-12,21H,1,13H2,2-3H3. The maximum absolute atomic E-state index is 14.0. The number of carbonyl (C=O) groups is 2. The maximum atomic E-state index is 14.0. The van der Waals surface area contributed by atoms with E-state index in [2.05, 4.69) is 11.6 Å². The molecule has 0 saturated heterocycles. The number of benzene rings is 2. The number of hydrogen-bond acceptors (Lipinski definition) is 6. The van der Waals surface area contributed by atoms with Crippen LogP contribution in [0.1, 0.15) is 24.1 Å². The normalized spacial score (nSPS) is 18.2. The number of ether oxygens (including phenoxy) is 1. The predicted molar refractivity (Wildman–Crippen MR) is 135 cm³/mol. The molecule has 1 aromatic heterocycles. The second kappa shape index (κ2) is 8.79. The molecule has 3 aromatic rings. The number of anilines is 1. The Bertz CT molecular complexity index is 1630. The minimum atomic E-state index is -0.849. The van der Waals surface area contributed by atoms with Gasteiger partial charge in [-0.1, -0.05) is 65.4 Å². The number of para-hydroxylation sites is 1. The number of halogens is 1. The Morgan fingerprint density at radius 3 is 2.63 bits per heavy atom. The van der Waals surface area contributed by atoms with Crippen LogP contribution in [-0.4, -0.2) is 30.1 Å². The molecule has 35 heavy (non-hydrogen) atoms. The minimum absolute atomic E-state index is 0.219. The Morgan fingerprint density at radius 2 is 1.91 bits per heavy atom. The highest BCUT2D eigenvalue weighted by Gasteiger charge is 2.37. The summed E-state index contributed by atoms with van der Waals surface area (Å²) in [5, 5.41) is 0.395. The molecular formula is C26H20ClN3O4S. The minimum Gasteiger partial charge on any atom is -0.466 e. The molecule has 0 N–H and O–H groups in total. The van der Waals surface area contributed by atoms with Crippen LogP contribution < -0.4 is 19.8 Å². The molecule has 0 aliphatic carbocycles. The average molecular weight is 506 g/mol. The summed E-state index contributed by atoms with van der Waals surface area (Å²) in [6.45, 7) is 5.75. The molecule has 0 fully saturated rings. The smallest absolute Gasteiger partial charge is 0.338 e. The van der Waals surface area contributed by atoms with Crippen LogP contribution in [0.5, 0.6) is 0 Å². The molecule has 9 heteroatoms. The Labute approximate surface area is 209 Å². The van der Waals surface area contributed by atoms with Gasteiger partial charge in [0, 0.05) is 17.1 Å². The summed E-state index contributed by atoms with van der Waals surface area (Å²) in [7, 11) is 1.28. The lowest BCUT2D eigenvalue weighted by atomic mass is 9.96. The van der Waals surface area contributed by atoms with Gasteiger partial charge in [-0.25, -0.2) is 9.79 Å². The van der Waals surface area contributed by atoms with Gasteiger partial charge in [0.15, 0.2) is 4.80 Å². The summed E-state index contributed by atoms with van der Waals surface area (Å²) in [6, 6.07) is 13.5. The van der Waals surface area contributed by atoms with Gasteiger partial charge in [-0.05, 0) is 24.6 Å². The number of hydrogen-bond donors (Lipinski definition) is 0. The summed E-state index contributed by atoms with van der Waals surface area (Å²) in [6.07, 6.45) is 1.64. The lowest BCUT2D eigenvalue weighted by molar-refractivity contribution is -0.136. The van der Waals surface area contributed by atoms with Crippen molar-refractivity contribution in [1.82, 2.24) is 4.57 Å². The van der Waals surface area contributed by atoms with Crippen molar-refractivity contribution in [2.24, 2.45) is 4.99 Å². The van der Waals surface area contributed by atoms with Gasteiger partial charge in [0.25, 0.3) is 11.5 Å². The number of amides is 1. The van der Waals surface area contributed by atoms with Crippen molar-refractivity contribution < 1.29 is 14.3 Å². The monoisotopic (exact) mass is 505 g/mol. The first kappa shape index (κ1) is 23.0. The molecule has 5 rings (SSSR count). The Kier molecular flexibility index (Phi) is 5.78. The van der Waals surface area contributed by atoms with E-state index in [1.807, 2.05) is 24.3 Å². The largest absolute Gasteiger partial charge is 0.466 e. The van der Waals surface area contributed by atoms with Crippen LogP contribution in [0.3, 0.4) is 0 Å². The topological polar surface area (TPSA) is 81.0 Å². The molecule has 1 unspecified atom stereocenters. The SMILES string of the molecule is C=CCN1C(=O)C(=c2sc3n(c2=O)C(c2ccccc2Cl)C(C(=O)OC)=C(C)N=3)c2ccccc21. The second-order valence-electron chi connectivity index (χ2n) is 8.01. The molecule has 2 aliphatic rings. The zero-order chi connectivity index (χ0) is 24.9. The summed E-state index contributed by atoms with van der Waals surface area (Å²) < 4.78 is 6.71.